The fourth-order valence-electron chi connectivity index (χ4n) is 7.14. The van der Waals surface area contributed by atoms with Crippen LogP contribution in [0, 0.1) is 27.7 Å². The minimum absolute atomic E-state index is 0.0163. The average Bonchev–Trinajstić information content (AvgIpc) is 3.30. The molecule has 0 atom stereocenters. The number of anilines is 2. The molecule has 0 fully saturated rings. The van der Waals surface area contributed by atoms with Gasteiger partial charge in [-0.25, -0.2) is 0 Å². The van der Waals surface area contributed by atoms with E-state index in [-0.39, 0.29) is 33.8 Å². The summed E-state index contributed by atoms with van der Waals surface area (Å²) in [6.07, 6.45) is 0. The molecule has 8 aromatic carbocycles. The molecule has 8 aromatic rings. The molecule has 0 aliphatic rings. The zero-order chi connectivity index (χ0) is 49.2. The smallest absolute Gasteiger partial charge is 0.296 e. The van der Waals surface area contributed by atoms with Gasteiger partial charge in [0.1, 0.15) is 21.2 Å². The Morgan fingerprint density at radius 1 is 0.478 bits per heavy atom. The molecular weight excluding hydrogens is 921 g/mol. The van der Waals surface area contributed by atoms with E-state index in [1.54, 1.807) is 91.9 Å². The highest BCUT2D eigenvalue weighted by Crippen LogP contribution is 2.39. The number of aromatic hydroxyl groups is 1. The molecule has 0 unspecified atom stereocenters. The van der Waals surface area contributed by atoms with E-state index in [4.69, 9.17) is 5.73 Å². The number of rotatable bonds is 12. The Labute approximate surface area is 395 Å². The first-order valence-corrected chi connectivity index (χ1v) is 23.6. The minimum Gasteiger partial charge on any atom is -0.505 e. The van der Waals surface area contributed by atoms with Crippen molar-refractivity contribution in [3.8, 4) is 5.75 Å². The quantitative estimate of drug-likeness (QED) is 0.0441. The maximum Gasteiger partial charge on any atom is 0.296 e. The van der Waals surface area contributed by atoms with Gasteiger partial charge in [-0.05, 0) is 176 Å². The van der Waals surface area contributed by atoms with Crippen LogP contribution in [0.25, 0.3) is 21.5 Å². The van der Waals surface area contributed by atoms with Crippen LogP contribution in [0.3, 0.4) is 0 Å². The summed E-state index contributed by atoms with van der Waals surface area (Å²) in [5.74, 6) is -0.337. The fraction of sp³-hybridized carbons (Fsp3) is 0.0816. The van der Waals surface area contributed by atoms with Gasteiger partial charge in [0.05, 0.1) is 34.1 Å². The molecule has 0 saturated heterocycles. The molecule has 0 aromatic heterocycles. The summed E-state index contributed by atoms with van der Waals surface area (Å²) in [6.45, 7) is 7.34. The highest BCUT2D eigenvalue weighted by Gasteiger charge is 2.21. The van der Waals surface area contributed by atoms with Crippen LogP contribution in [-0.4, -0.2) is 37.0 Å². The number of amides is 1. The van der Waals surface area contributed by atoms with Crippen LogP contribution in [-0.2, 0) is 20.2 Å². The number of carbonyl (C=O) groups is 1. The van der Waals surface area contributed by atoms with Gasteiger partial charge in [-0.2, -0.15) is 47.5 Å². The summed E-state index contributed by atoms with van der Waals surface area (Å²) in [5, 5.41) is 49.9. The third-order valence-electron chi connectivity index (χ3n) is 10.8. The Hall–Kier alpha value is -8.43. The van der Waals surface area contributed by atoms with Crippen molar-refractivity contribution in [1.29, 1.82) is 0 Å². The number of phenolic OH excluding ortho intramolecular Hbond substituents is 1. The molecule has 0 heterocycles. The second kappa shape index (κ2) is 19.1. The van der Waals surface area contributed by atoms with Gasteiger partial charge in [-0.1, -0.05) is 18.2 Å². The number of phenols is 1. The molecule has 6 N–H and O–H groups in total. The summed E-state index contributed by atoms with van der Waals surface area (Å²) >= 11 is 0. The number of nitrogen functional groups attached to an aromatic ring is 1. The first-order valence-electron chi connectivity index (χ1n) is 20.7. The number of nitrogens with one attached hydrogen (secondary N) is 1. The van der Waals surface area contributed by atoms with Crippen LogP contribution in [0.1, 0.15) is 32.6 Å². The highest BCUT2D eigenvalue weighted by atomic mass is 32.2. The summed E-state index contributed by atoms with van der Waals surface area (Å²) in [5.41, 5.74) is 13.4. The lowest BCUT2D eigenvalue weighted by molar-refractivity contribution is 0.102. The molecule has 0 radical (unpaired) electrons. The van der Waals surface area contributed by atoms with E-state index in [0.717, 1.165) is 34.9 Å². The zero-order valence-corrected chi connectivity index (χ0v) is 38.7. The van der Waals surface area contributed by atoms with Crippen LogP contribution in [0.4, 0.5) is 56.9 Å². The lowest BCUT2D eigenvalue weighted by atomic mass is 10.1. The van der Waals surface area contributed by atoms with E-state index in [9.17, 15) is 35.8 Å². The van der Waals surface area contributed by atoms with Gasteiger partial charge in [0.15, 0.2) is 5.75 Å². The monoisotopic (exact) mass is 960 g/mol. The summed E-state index contributed by atoms with van der Waals surface area (Å²) in [6, 6.07) is 35.2. The lowest BCUT2D eigenvalue weighted by Crippen LogP contribution is -2.11. The van der Waals surface area contributed by atoms with E-state index < -0.39 is 30.0 Å². The van der Waals surface area contributed by atoms with E-state index in [0.29, 0.717) is 67.4 Å². The number of nitrogens with two attached hydrogens (primary N) is 1. The van der Waals surface area contributed by atoms with Crippen molar-refractivity contribution in [2.75, 3.05) is 11.1 Å². The number of carbonyl (C=O) groups excluding carboxylic acids is 1. The second-order valence-corrected chi connectivity index (χ2v) is 18.6. The standard InChI is InChI=1S/C49H40N10O8S2/c1-27-20-37(14-18-40(27)54-52-36-15-19-41(28(2)21-36)55-59-45-26-39-32(25-47(45)69(65,66)67)6-5-7-46(39)68(62,63)64)53-57-43-22-30(4)44(23-29(43)3)58-56-42-17-10-33-24-35(13-16-38(33)48(42)60)51-49(61)31-8-11-34(50)12-9-31/h5-26,60H,50H2,1-4H3,(H,51,61)(H,62,63,64)(H,65,66,67). The number of nitrogens with zero attached hydrogens (tertiary/aromatic N) is 8. The van der Waals surface area contributed by atoms with Gasteiger partial charge in [-0.3, -0.25) is 13.9 Å². The summed E-state index contributed by atoms with van der Waals surface area (Å²) < 4.78 is 68.0. The number of fused-ring (bicyclic) bond motifs is 2. The maximum absolute atomic E-state index is 12.7. The Morgan fingerprint density at radius 3 is 1.58 bits per heavy atom. The van der Waals surface area contributed by atoms with Crippen molar-refractivity contribution in [3.63, 3.8) is 0 Å². The lowest BCUT2D eigenvalue weighted by Gasteiger charge is -2.09. The molecule has 0 aliphatic heterocycles. The minimum atomic E-state index is -4.80. The number of aryl methyl sites for hydroxylation is 4. The van der Waals surface area contributed by atoms with Gasteiger partial charge in [0.25, 0.3) is 26.1 Å². The number of azo groups is 4. The van der Waals surface area contributed by atoms with E-state index in [2.05, 4.69) is 46.2 Å². The predicted molar refractivity (Wildman–Crippen MR) is 263 cm³/mol. The van der Waals surface area contributed by atoms with Crippen molar-refractivity contribution < 1.29 is 35.8 Å². The Balaban J connectivity index is 0.923. The van der Waals surface area contributed by atoms with E-state index >= 15 is 0 Å². The van der Waals surface area contributed by atoms with Gasteiger partial charge in [0.2, 0.25) is 0 Å². The average molecular weight is 961 g/mol. The largest absolute Gasteiger partial charge is 0.505 e. The SMILES string of the molecule is Cc1cc(N=Nc2cc(C)c(N=Nc3ccc4cc(NC(=O)c5ccc(N)cc5)ccc4c3O)cc2C)ccc1N=Nc1ccc(N=Nc2cc3c(S(=O)(=O)O)cccc3cc2S(=O)(=O)O)c(C)c1. The predicted octanol–water partition coefficient (Wildman–Crippen LogP) is 13.9. The van der Waals surface area contributed by atoms with Crippen molar-refractivity contribution in [3.05, 3.63) is 161 Å². The normalized spacial score (nSPS) is 12.4. The number of hydrogen-bond acceptors (Lipinski definition) is 15. The molecule has 20 heteroatoms. The van der Waals surface area contributed by atoms with Crippen molar-refractivity contribution >= 4 is 105 Å². The molecule has 1 amide bonds. The van der Waals surface area contributed by atoms with Crippen molar-refractivity contribution in [2.24, 2.45) is 40.9 Å². The van der Waals surface area contributed by atoms with Gasteiger partial charge in [0, 0.05) is 27.7 Å². The van der Waals surface area contributed by atoms with Crippen LogP contribution in [0.5, 0.6) is 5.75 Å². The molecule has 0 saturated carbocycles. The van der Waals surface area contributed by atoms with Crippen molar-refractivity contribution in [2.45, 2.75) is 37.5 Å². The van der Waals surface area contributed by atoms with Crippen LogP contribution in [0.2, 0.25) is 0 Å². The van der Waals surface area contributed by atoms with Crippen LogP contribution < -0.4 is 11.1 Å². The molecule has 0 spiro atoms. The second-order valence-electron chi connectivity index (χ2n) is 15.9. The summed E-state index contributed by atoms with van der Waals surface area (Å²) in [7, 11) is -9.47. The Kier molecular flexibility index (Phi) is 13.0. The fourth-order valence-corrected chi connectivity index (χ4v) is 8.49. The third kappa shape index (κ3) is 10.7. The Bertz CT molecular complexity index is 3750. The van der Waals surface area contributed by atoms with Gasteiger partial charge in [-0.15, -0.1) is 10.2 Å². The van der Waals surface area contributed by atoms with Crippen LogP contribution >= 0.6 is 0 Å². The first kappa shape index (κ1) is 47.1. The number of hydrogen-bond donors (Lipinski definition) is 5. The third-order valence-corrected chi connectivity index (χ3v) is 12.6. The van der Waals surface area contributed by atoms with E-state index in [1.165, 1.54) is 12.1 Å². The topological polar surface area (TPSA) is 283 Å². The number of benzene rings is 8. The molecule has 8 rings (SSSR count). The zero-order valence-electron chi connectivity index (χ0n) is 37.1. The molecule has 69 heavy (non-hydrogen) atoms. The van der Waals surface area contributed by atoms with E-state index in [1.807, 2.05) is 39.0 Å². The highest BCUT2D eigenvalue weighted by molar-refractivity contribution is 7.86. The molecule has 0 aliphatic carbocycles. The van der Waals surface area contributed by atoms with Crippen LogP contribution in [0.15, 0.2) is 184 Å². The van der Waals surface area contributed by atoms with Gasteiger partial charge < -0.3 is 16.2 Å². The molecular formula is C49H40N10O8S2. The first-order chi connectivity index (χ1) is 32.8. The Morgan fingerprint density at radius 2 is 0.986 bits per heavy atom. The molecule has 18 nitrogen and oxygen atoms in total. The maximum atomic E-state index is 12.7. The van der Waals surface area contributed by atoms with Crippen molar-refractivity contribution in [1.82, 2.24) is 0 Å². The van der Waals surface area contributed by atoms with Gasteiger partial charge >= 0.3 is 0 Å². The summed E-state index contributed by atoms with van der Waals surface area (Å²) in [4.78, 5) is 11.6. The molecule has 0 bridgehead atoms. The molecule has 346 valence electrons.